The van der Waals surface area contributed by atoms with Gasteiger partial charge in [0.05, 0.1) is 6.10 Å². The summed E-state index contributed by atoms with van der Waals surface area (Å²) in [7, 11) is 0. The van der Waals surface area contributed by atoms with Crippen molar-refractivity contribution in [3.05, 3.63) is 35.9 Å². The monoisotopic (exact) mass is 246 g/mol. The van der Waals surface area contributed by atoms with Crippen LogP contribution in [0.15, 0.2) is 30.3 Å². The van der Waals surface area contributed by atoms with Crippen LogP contribution in [0.3, 0.4) is 0 Å². The lowest BCUT2D eigenvalue weighted by Crippen LogP contribution is -2.51. The molecule has 0 saturated carbocycles. The Morgan fingerprint density at radius 3 is 2.94 bits per heavy atom. The summed E-state index contributed by atoms with van der Waals surface area (Å²) >= 11 is 0. The zero-order valence-corrected chi connectivity index (χ0v) is 10.8. The maximum atomic E-state index is 10.3. The van der Waals surface area contributed by atoms with Crippen molar-refractivity contribution in [3.8, 4) is 0 Å². The van der Waals surface area contributed by atoms with Crippen molar-refractivity contribution in [3.63, 3.8) is 0 Å². The molecular weight excluding hydrogens is 224 g/mol. The topological polar surface area (TPSA) is 35.5 Å². The normalized spacial score (nSPS) is 33.1. The predicted molar refractivity (Wildman–Crippen MR) is 72.3 cm³/mol. The quantitative estimate of drug-likeness (QED) is 0.824. The van der Waals surface area contributed by atoms with Crippen LogP contribution in [0, 0.1) is 5.41 Å². The van der Waals surface area contributed by atoms with Crippen molar-refractivity contribution < 1.29 is 5.11 Å². The van der Waals surface area contributed by atoms with Crippen LogP contribution >= 0.6 is 0 Å². The summed E-state index contributed by atoms with van der Waals surface area (Å²) < 4.78 is 0. The molecule has 2 aliphatic rings. The van der Waals surface area contributed by atoms with Gasteiger partial charge in [-0.25, -0.2) is 0 Å². The predicted octanol–water partition coefficient (Wildman–Crippen LogP) is 1.23. The smallest absolute Gasteiger partial charge is 0.0633 e. The number of aliphatic hydroxyl groups excluding tert-OH is 1. The van der Waals surface area contributed by atoms with Gasteiger partial charge in [0.1, 0.15) is 0 Å². The molecule has 0 radical (unpaired) electrons. The van der Waals surface area contributed by atoms with E-state index in [1.807, 2.05) is 0 Å². The van der Waals surface area contributed by atoms with Crippen LogP contribution in [0.4, 0.5) is 0 Å². The van der Waals surface area contributed by atoms with E-state index < -0.39 is 0 Å². The zero-order chi connectivity index (χ0) is 12.4. The van der Waals surface area contributed by atoms with Gasteiger partial charge in [0, 0.05) is 25.0 Å². The van der Waals surface area contributed by atoms with Gasteiger partial charge in [0.25, 0.3) is 0 Å². The fourth-order valence-electron chi connectivity index (χ4n) is 3.38. The van der Waals surface area contributed by atoms with Gasteiger partial charge in [0.2, 0.25) is 0 Å². The van der Waals surface area contributed by atoms with E-state index in [-0.39, 0.29) is 11.5 Å². The Kier molecular flexibility index (Phi) is 3.37. The minimum atomic E-state index is -0.125. The molecule has 98 valence electrons. The Labute approximate surface area is 109 Å². The van der Waals surface area contributed by atoms with Crippen molar-refractivity contribution in [2.75, 3.05) is 26.2 Å². The third-order valence-electron chi connectivity index (χ3n) is 4.49. The number of nitrogens with zero attached hydrogens (tertiary/aromatic N) is 1. The number of rotatable bonds is 2. The Morgan fingerprint density at radius 2 is 2.17 bits per heavy atom. The number of benzene rings is 1. The van der Waals surface area contributed by atoms with Crippen LogP contribution in [0.1, 0.15) is 18.4 Å². The Morgan fingerprint density at radius 1 is 1.33 bits per heavy atom. The van der Waals surface area contributed by atoms with Crippen molar-refractivity contribution in [2.24, 2.45) is 5.41 Å². The number of piperidine rings is 1. The highest BCUT2D eigenvalue weighted by Gasteiger charge is 2.44. The molecule has 0 aliphatic carbocycles. The van der Waals surface area contributed by atoms with E-state index in [2.05, 4.69) is 40.5 Å². The molecule has 0 bridgehead atoms. The van der Waals surface area contributed by atoms with Crippen LogP contribution in [0.2, 0.25) is 0 Å². The number of hydrogen-bond donors (Lipinski definition) is 2. The van der Waals surface area contributed by atoms with Gasteiger partial charge in [-0.1, -0.05) is 30.3 Å². The second-order valence-electron chi connectivity index (χ2n) is 5.79. The first-order valence-corrected chi connectivity index (χ1v) is 6.94. The lowest BCUT2D eigenvalue weighted by molar-refractivity contribution is 0.00514. The standard InChI is InChI=1S/C15H22N2O/c18-14-6-8-16-11-15(14)7-9-17(12-15)10-13-4-2-1-3-5-13/h1-5,14,16,18H,6-12H2. The largest absolute Gasteiger partial charge is 0.392 e. The van der Waals surface area contributed by atoms with Crippen LogP contribution in [-0.2, 0) is 6.54 Å². The molecule has 2 fully saturated rings. The molecule has 2 aliphatic heterocycles. The maximum absolute atomic E-state index is 10.3. The van der Waals surface area contributed by atoms with E-state index in [0.29, 0.717) is 0 Å². The molecule has 18 heavy (non-hydrogen) atoms. The second-order valence-corrected chi connectivity index (χ2v) is 5.79. The van der Waals surface area contributed by atoms with Crippen molar-refractivity contribution in [2.45, 2.75) is 25.5 Å². The molecule has 2 unspecified atom stereocenters. The minimum Gasteiger partial charge on any atom is -0.392 e. The first kappa shape index (κ1) is 12.2. The molecule has 2 heterocycles. The molecule has 3 nitrogen and oxygen atoms in total. The molecule has 3 heteroatoms. The summed E-state index contributed by atoms with van der Waals surface area (Å²) in [5.41, 5.74) is 1.47. The van der Waals surface area contributed by atoms with Crippen LogP contribution < -0.4 is 5.32 Å². The lowest BCUT2D eigenvalue weighted by atomic mass is 9.77. The van der Waals surface area contributed by atoms with Gasteiger partial charge in [-0.05, 0) is 31.5 Å². The summed E-state index contributed by atoms with van der Waals surface area (Å²) in [6.45, 7) is 5.07. The highest BCUT2D eigenvalue weighted by molar-refractivity contribution is 5.15. The lowest BCUT2D eigenvalue weighted by Gasteiger charge is -2.38. The van der Waals surface area contributed by atoms with Gasteiger partial charge >= 0.3 is 0 Å². The second kappa shape index (κ2) is 5.00. The minimum absolute atomic E-state index is 0.104. The molecule has 3 rings (SSSR count). The number of aliphatic hydroxyl groups is 1. The molecule has 1 aromatic carbocycles. The summed E-state index contributed by atoms with van der Waals surface area (Å²) in [5.74, 6) is 0. The van der Waals surface area contributed by atoms with Crippen molar-refractivity contribution >= 4 is 0 Å². The van der Waals surface area contributed by atoms with Gasteiger partial charge in [0.15, 0.2) is 0 Å². The van der Waals surface area contributed by atoms with Gasteiger partial charge in [-0.3, -0.25) is 4.90 Å². The van der Waals surface area contributed by atoms with Crippen molar-refractivity contribution in [1.82, 2.24) is 10.2 Å². The number of likely N-dealkylation sites (tertiary alicyclic amines) is 1. The van der Waals surface area contributed by atoms with E-state index >= 15 is 0 Å². The molecule has 1 spiro atoms. The fraction of sp³-hybridized carbons (Fsp3) is 0.600. The molecule has 2 atom stereocenters. The van der Waals surface area contributed by atoms with Gasteiger partial charge < -0.3 is 10.4 Å². The van der Waals surface area contributed by atoms with Crippen LogP contribution in [0.5, 0.6) is 0 Å². The molecule has 2 saturated heterocycles. The molecule has 0 amide bonds. The van der Waals surface area contributed by atoms with Crippen LogP contribution in [-0.4, -0.2) is 42.3 Å². The highest BCUT2D eigenvalue weighted by atomic mass is 16.3. The van der Waals surface area contributed by atoms with Gasteiger partial charge in [-0.2, -0.15) is 0 Å². The third kappa shape index (κ3) is 2.30. The first-order chi connectivity index (χ1) is 8.78. The van der Waals surface area contributed by atoms with E-state index in [9.17, 15) is 5.11 Å². The third-order valence-corrected chi connectivity index (χ3v) is 4.49. The van der Waals surface area contributed by atoms with Crippen LogP contribution in [0.25, 0.3) is 0 Å². The SMILES string of the molecule is OC1CCNCC12CCN(Cc1ccccc1)C2. The Balaban J connectivity index is 1.64. The zero-order valence-electron chi connectivity index (χ0n) is 10.8. The molecular formula is C15H22N2O. The first-order valence-electron chi connectivity index (χ1n) is 6.94. The Bertz CT molecular complexity index is 395. The molecule has 0 aromatic heterocycles. The Hall–Kier alpha value is -0.900. The average molecular weight is 246 g/mol. The van der Waals surface area contributed by atoms with E-state index in [4.69, 9.17) is 0 Å². The number of nitrogens with one attached hydrogen (secondary N) is 1. The fourth-order valence-corrected chi connectivity index (χ4v) is 3.38. The van der Waals surface area contributed by atoms with E-state index in [0.717, 1.165) is 45.6 Å². The summed E-state index contributed by atoms with van der Waals surface area (Å²) in [4.78, 5) is 2.48. The van der Waals surface area contributed by atoms with Gasteiger partial charge in [-0.15, -0.1) is 0 Å². The molecule has 2 N–H and O–H groups in total. The average Bonchev–Trinajstić information content (AvgIpc) is 2.79. The van der Waals surface area contributed by atoms with E-state index in [1.165, 1.54) is 5.56 Å². The maximum Gasteiger partial charge on any atom is 0.0633 e. The highest BCUT2D eigenvalue weighted by Crippen LogP contribution is 2.37. The van der Waals surface area contributed by atoms with Crippen molar-refractivity contribution in [1.29, 1.82) is 0 Å². The van der Waals surface area contributed by atoms with E-state index in [1.54, 1.807) is 0 Å². The summed E-state index contributed by atoms with van der Waals surface area (Å²) in [6.07, 6.45) is 1.90. The molecule has 1 aromatic rings. The number of hydrogen-bond acceptors (Lipinski definition) is 3. The summed E-state index contributed by atoms with van der Waals surface area (Å²) in [5, 5.41) is 13.7. The summed E-state index contributed by atoms with van der Waals surface area (Å²) in [6, 6.07) is 10.6.